The van der Waals surface area contributed by atoms with Crippen LogP contribution in [0.15, 0.2) is 36.4 Å². The molecule has 0 bridgehead atoms. The number of pyridine rings is 1. The highest BCUT2D eigenvalue weighted by Gasteiger charge is 2.16. The molecule has 0 atom stereocenters. The van der Waals surface area contributed by atoms with Crippen molar-refractivity contribution in [3.8, 4) is 5.69 Å². The van der Waals surface area contributed by atoms with Gasteiger partial charge in [0.2, 0.25) is 5.69 Å². The van der Waals surface area contributed by atoms with Gasteiger partial charge in [-0.15, -0.1) is 0 Å². The predicted molar refractivity (Wildman–Crippen MR) is 69.1 cm³/mol. The maximum atomic E-state index is 8.60. The second-order valence-electron chi connectivity index (χ2n) is 4.83. The molecule has 0 aliphatic rings. The van der Waals surface area contributed by atoms with Gasteiger partial charge in [-0.25, -0.2) is 0 Å². The summed E-state index contributed by atoms with van der Waals surface area (Å²) in [7, 11) is -4.69. The fraction of sp³-hybridized carbons (Fsp3) is 0.267. The summed E-state index contributed by atoms with van der Waals surface area (Å²) in [5.41, 5.74) is 6.47. The van der Waals surface area contributed by atoms with Crippen LogP contribution in [-0.4, -0.2) is 4.66 Å². The van der Waals surface area contributed by atoms with Crippen molar-refractivity contribution < 1.29 is 33.4 Å². The number of benzene rings is 1. The van der Waals surface area contributed by atoms with E-state index in [4.69, 9.17) is 18.6 Å². The number of aromatic nitrogens is 1. The van der Waals surface area contributed by atoms with Gasteiger partial charge in [0.15, 0.2) is 11.4 Å². The Morgan fingerprint density at radius 2 is 1.33 bits per heavy atom. The average Bonchev–Trinajstić information content (AvgIpc) is 2.28. The maximum Gasteiger partial charge on any atom is 0.213 e. The maximum absolute atomic E-state index is 8.60. The molecule has 0 unspecified atom stereocenters. The quantitative estimate of drug-likeness (QED) is 0.689. The smallest absolute Gasteiger partial charge is 0.183 e. The number of rotatable bonds is 1. The Hall–Kier alpha value is -1.50. The van der Waals surface area contributed by atoms with Crippen molar-refractivity contribution in [1.29, 1.82) is 0 Å². The largest absolute Gasteiger partial charge is 0.213 e. The van der Waals surface area contributed by atoms with Gasteiger partial charge in [0.1, 0.15) is 0 Å². The van der Waals surface area contributed by atoms with E-state index in [9.17, 15) is 0 Å². The Balaban J connectivity index is 0.000000383. The molecule has 0 spiro atoms. The Labute approximate surface area is 126 Å². The SMILES string of the molecule is Cc1cc(C)[n+](-c2ccccc2C)c(C)c1.[O-][Cl+3]([O-])([O-])O. The molecule has 21 heavy (non-hydrogen) atoms. The number of hydrogen-bond acceptors (Lipinski definition) is 4. The normalized spacial score (nSPS) is 10.9. The second-order valence-corrected chi connectivity index (χ2v) is 5.63. The summed E-state index contributed by atoms with van der Waals surface area (Å²) in [6.07, 6.45) is 0. The zero-order chi connectivity index (χ0) is 16.2. The highest BCUT2D eigenvalue weighted by atomic mass is 35.7. The standard InChI is InChI=1S/C15H18N.ClHO4/c1-11-9-13(3)16(14(4)10-11)15-8-6-5-7-12(15)2;2-1(3,4)5/h5-10H,1-4H3;(H,2,3,4,5)/q+1;. The van der Waals surface area contributed by atoms with Gasteiger partial charge in [-0.2, -0.15) is 18.5 Å². The molecule has 0 aliphatic heterocycles. The van der Waals surface area contributed by atoms with Crippen molar-refractivity contribution in [2.45, 2.75) is 27.7 Å². The third-order valence-electron chi connectivity index (χ3n) is 2.93. The molecule has 114 valence electrons. The summed E-state index contributed by atoms with van der Waals surface area (Å²) in [4.78, 5) is 0. The number of halogens is 1. The summed E-state index contributed by atoms with van der Waals surface area (Å²) in [5, 5.41) is 0. The van der Waals surface area contributed by atoms with Crippen molar-refractivity contribution in [1.82, 2.24) is 0 Å². The molecule has 2 rings (SSSR count). The number of aryl methyl sites for hydroxylation is 4. The summed E-state index contributed by atoms with van der Waals surface area (Å²) in [5.74, 6) is 0. The lowest BCUT2D eigenvalue weighted by Crippen LogP contribution is -2.58. The van der Waals surface area contributed by atoms with E-state index in [0.717, 1.165) is 0 Å². The molecule has 1 aromatic heterocycles. The molecule has 5 nitrogen and oxygen atoms in total. The van der Waals surface area contributed by atoms with Gasteiger partial charge in [0.05, 0.1) is 14.9 Å². The Bertz CT molecular complexity index is 594. The van der Waals surface area contributed by atoms with Gasteiger partial charge in [-0.1, -0.05) is 18.2 Å². The van der Waals surface area contributed by atoms with E-state index in [-0.39, 0.29) is 0 Å². The monoisotopic (exact) mass is 312 g/mol. The lowest BCUT2D eigenvalue weighted by atomic mass is 10.1. The molecule has 0 saturated heterocycles. The van der Waals surface area contributed by atoms with Crippen LogP contribution < -0.4 is 18.5 Å². The van der Waals surface area contributed by atoms with E-state index in [2.05, 4.69) is 68.7 Å². The fourth-order valence-corrected chi connectivity index (χ4v) is 2.30. The van der Waals surface area contributed by atoms with E-state index >= 15 is 0 Å². The molecule has 0 aliphatic carbocycles. The minimum atomic E-state index is -4.69. The number of hydrogen-bond donors (Lipinski definition) is 1. The third-order valence-corrected chi connectivity index (χ3v) is 2.93. The average molecular weight is 313 g/mol. The van der Waals surface area contributed by atoms with Crippen molar-refractivity contribution >= 4 is 0 Å². The van der Waals surface area contributed by atoms with E-state index in [1.807, 2.05) is 0 Å². The zero-order valence-electron chi connectivity index (χ0n) is 12.5. The molecule has 0 fully saturated rings. The van der Waals surface area contributed by atoms with E-state index in [1.165, 1.54) is 28.2 Å². The van der Waals surface area contributed by atoms with Gasteiger partial charge in [-0.3, -0.25) is 0 Å². The van der Waals surface area contributed by atoms with E-state index in [0.29, 0.717) is 0 Å². The minimum Gasteiger partial charge on any atom is -0.183 e. The summed E-state index contributed by atoms with van der Waals surface area (Å²) >= 11 is 0. The predicted octanol–water partition coefficient (Wildman–Crippen LogP) is -0.927. The molecule has 0 amide bonds. The van der Waals surface area contributed by atoms with Crippen molar-refractivity contribution in [3.05, 3.63) is 58.9 Å². The van der Waals surface area contributed by atoms with Gasteiger partial charge < -0.3 is 0 Å². The minimum absolute atomic E-state index is 1.28. The topological polar surface area (TPSA) is 93.3 Å². The van der Waals surface area contributed by atoms with Crippen LogP contribution >= 0.6 is 0 Å². The van der Waals surface area contributed by atoms with Crippen LogP contribution in [0.5, 0.6) is 0 Å². The lowest BCUT2D eigenvalue weighted by molar-refractivity contribution is -1.92. The molecule has 2 aromatic rings. The van der Waals surface area contributed by atoms with Crippen LogP contribution in [0.25, 0.3) is 5.69 Å². The molecule has 1 heterocycles. The van der Waals surface area contributed by atoms with Crippen molar-refractivity contribution in [3.63, 3.8) is 0 Å². The summed E-state index contributed by atoms with van der Waals surface area (Å²) < 4.78 is 35.0. The number of para-hydroxylation sites is 1. The first-order chi connectivity index (χ1) is 9.59. The Morgan fingerprint density at radius 3 is 1.76 bits per heavy atom. The highest BCUT2D eigenvalue weighted by Crippen LogP contribution is 2.11. The lowest BCUT2D eigenvalue weighted by Gasteiger charge is -2.06. The molecule has 1 N–H and O–H groups in total. The zero-order valence-corrected chi connectivity index (χ0v) is 13.2. The number of nitrogens with zero attached hydrogens (tertiary/aromatic N) is 1. The van der Waals surface area contributed by atoms with Crippen LogP contribution in [0.2, 0.25) is 0 Å². The van der Waals surface area contributed by atoms with Crippen molar-refractivity contribution in [2.75, 3.05) is 0 Å². The fourth-order valence-electron chi connectivity index (χ4n) is 2.30. The van der Waals surface area contributed by atoms with Crippen LogP contribution in [0.3, 0.4) is 0 Å². The molecule has 0 radical (unpaired) electrons. The van der Waals surface area contributed by atoms with Gasteiger partial charge in [0, 0.05) is 37.6 Å². The van der Waals surface area contributed by atoms with Crippen molar-refractivity contribution in [2.24, 2.45) is 0 Å². The molecular weight excluding hydrogens is 294 g/mol. The highest BCUT2D eigenvalue weighted by molar-refractivity contribution is 5.33. The summed E-state index contributed by atoms with van der Waals surface area (Å²) in [6.45, 7) is 8.61. The van der Waals surface area contributed by atoms with Gasteiger partial charge >= 0.3 is 0 Å². The molecule has 6 heteroatoms. The second kappa shape index (κ2) is 6.98. The van der Waals surface area contributed by atoms with Gasteiger partial charge in [0.25, 0.3) is 0 Å². The van der Waals surface area contributed by atoms with Crippen LogP contribution in [0.1, 0.15) is 22.5 Å². The molecule has 1 aromatic carbocycles. The van der Waals surface area contributed by atoms with Crippen LogP contribution in [0, 0.1) is 37.9 Å². The first kappa shape index (κ1) is 17.6. The Morgan fingerprint density at radius 1 is 0.905 bits per heavy atom. The Kier molecular flexibility index (Phi) is 5.83. The van der Waals surface area contributed by atoms with Gasteiger partial charge in [-0.05, 0) is 19.4 Å². The first-order valence-corrected chi connectivity index (χ1v) is 7.55. The van der Waals surface area contributed by atoms with Crippen LogP contribution in [0.4, 0.5) is 0 Å². The summed E-state index contributed by atoms with van der Waals surface area (Å²) in [6, 6.07) is 12.9. The third kappa shape index (κ3) is 5.79. The van der Waals surface area contributed by atoms with Crippen LogP contribution in [-0.2, 0) is 0 Å². The molecule has 0 saturated carbocycles. The van der Waals surface area contributed by atoms with E-state index < -0.39 is 10.2 Å². The molecular formula is C15H19ClNO4+. The van der Waals surface area contributed by atoms with E-state index in [1.54, 1.807) is 0 Å². The first-order valence-electron chi connectivity index (χ1n) is 6.28.